The van der Waals surface area contributed by atoms with Gasteiger partial charge < -0.3 is 24.1 Å². The Bertz CT molecular complexity index is 1640. The van der Waals surface area contributed by atoms with Crippen LogP contribution in [0.25, 0.3) is 0 Å². The molecule has 8 saturated carbocycles. The Labute approximate surface area is 399 Å². The second-order valence-electron chi connectivity index (χ2n) is 24.1. The van der Waals surface area contributed by atoms with Gasteiger partial charge in [0.15, 0.2) is 0 Å². The number of carbonyl (C=O) groups excluding carboxylic acids is 3. The molecule has 0 aromatic rings. The van der Waals surface area contributed by atoms with E-state index < -0.39 is 5.97 Å². The minimum Gasteiger partial charge on any atom is -0.481 e. The van der Waals surface area contributed by atoms with E-state index in [2.05, 4.69) is 62.3 Å². The van der Waals surface area contributed by atoms with Gasteiger partial charge in [-0.05, 0) is 173 Å². The van der Waals surface area contributed by atoms with Crippen molar-refractivity contribution in [2.24, 2.45) is 118 Å². The fourth-order valence-corrected chi connectivity index (χ4v) is 18.5. The van der Waals surface area contributed by atoms with Crippen molar-refractivity contribution in [3.05, 3.63) is 0 Å². The average Bonchev–Trinajstić information content (AvgIpc) is 4.16. The third kappa shape index (κ3) is 9.19. The Morgan fingerprint density at radius 3 is 1.48 bits per heavy atom. The molecule has 0 spiro atoms. The van der Waals surface area contributed by atoms with Crippen LogP contribution in [-0.4, -0.2) is 60.0 Å². The molecule has 374 valence electrons. The van der Waals surface area contributed by atoms with Gasteiger partial charge in [0.2, 0.25) is 0 Å². The molecular formula is C57H92O9. The summed E-state index contributed by atoms with van der Waals surface area (Å²) >= 11 is 0. The molecule has 8 aliphatic carbocycles. The van der Waals surface area contributed by atoms with Crippen molar-refractivity contribution in [1.29, 1.82) is 0 Å². The van der Waals surface area contributed by atoms with Crippen LogP contribution >= 0.6 is 0 Å². The highest BCUT2D eigenvalue weighted by Gasteiger charge is 2.63. The highest BCUT2D eigenvalue weighted by atomic mass is 16.6. The summed E-state index contributed by atoms with van der Waals surface area (Å²) in [6, 6.07) is 0. The van der Waals surface area contributed by atoms with Gasteiger partial charge in [-0.3, -0.25) is 19.2 Å². The lowest BCUT2D eigenvalue weighted by Gasteiger charge is -2.36. The van der Waals surface area contributed by atoms with Crippen LogP contribution in [0.3, 0.4) is 0 Å². The molecule has 22 atom stereocenters. The van der Waals surface area contributed by atoms with Crippen molar-refractivity contribution in [3.8, 4) is 0 Å². The van der Waals surface area contributed by atoms with Crippen molar-refractivity contribution in [2.75, 3.05) is 13.2 Å². The van der Waals surface area contributed by atoms with E-state index in [1.54, 1.807) is 0 Å². The normalized spacial score (nSPS) is 46.8. The summed E-state index contributed by atoms with van der Waals surface area (Å²) in [6.45, 7) is 21.3. The monoisotopic (exact) mass is 921 g/mol. The van der Waals surface area contributed by atoms with Gasteiger partial charge in [-0.1, -0.05) is 93.9 Å². The molecule has 66 heavy (non-hydrogen) atoms. The van der Waals surface area contributed by atoms with Gasteiger partial charge in [0.1, 0.15) is 5.60 Å². The lowest BCUT2D eigenvalue weighted by molar-refractivity contribution is -0.166. The minimum atomic E-state index is -0.522. The summed E-state index contributed by atoms with van der Waals surface area (Å²) in [5.74, 6) is 12.0. The van der Waals surface area contributed by atoms with E-state index in [0.29, 0.717) is 42.8 Å². The number of ether oxygens (including phenoxy) is 4. The third-order valence-electron chi connectivity index (χ3n) is 21.5. The van der Waals surface area contributed by atoms with Crippen molar-refractivity contribution < 1.29 is 43.2 Å². The zero-order chi connectivity index (χ0) is 47.2. The highest BCUT2D eigenvalue weighted by molar-refractivity contribution is 5.76. The molecule has 1 N–H and O–H groups in total. The van der Waals surface area contributed by atoms with E-state index in [1.807, 2.05) is 0 Å². The maximum atomic E-state index is 12.9. The molecule has 11 aliphatic rings. The Morgan fingerprint density at radius 1 is 0.530 bits per heavy atom. The number of carbonyl (C=O) groups is 4. The number of cyclic esters (lactones) is 2. The Balaban J connectivity index is 0.000000123. The van der Waals surface area contributed by atoms with Crippen LogP contribution in [-0.2, 0) is 38.1 Å². The van der Waals surface area contributed by atoms with E-state index in [0.717, 1.165) is 110 Å². The van der Waals surface area contributed by atoms with Crippen LogP contribution in [0.15, 0.2) is 0 Å². The maximum absolute atomic E-state index is 12.9. The maximum Gasteiger partial charge on any atom is 0.312 e. The number of hydrogen-bond donors (Lipinski definition) is 1. The molecule has 0 aromatic heterocycles. The SMILES string of the molecule is CCC1CC(CC)C2C(=O)OCC12.CCC1CC(CC)C2C3CC(CC3C(=O)O)C12.CCC1CC(CC)C2C3CC(CC3C(=O)OC3(C)CCCC3)C12.CCC1OC(CC)C2C(=O)OCC12. The predicted molar refractivity (Wildman–Crippen MR) is 256 cm³/mol. The molecule has 11 rings (SSSR count). The largest absolute Gasteiger partial charge is 0.481 e. The molecule has 0 amide bonds. The molecule has 22 unspecified atom stereocenters. The molecule has 11 fully saturated rings. The first-order chi connectivity index (χ1) is 31.8. The molecule has 0 aromatic carbocycles. The highest BCUT2D eigenvalue weighted by Crippen LogP contribution is 2.67. The minimum absolute atomic E-state index is 0.00842. The van der Waals surface area contributed by atoms with Gasteiger partial charge in [0.25, 0.3) is 0 Å². The van der Waals surface area contributed by atoms with Crippen LogP contribution < -0.4 is 0 Å². The quantitative estimate of drug-likeness (QED) is 0.159. The first kappa shape index (κ1) is 50.2. The van der Waals surface area contributed by atoms with Crippen LogP contribution in [0.4, 0.5) is 0 Å². The van der Waals surface area contributed by atoms with E-state index in [1.165, 1.54) is 77.0 Å². The summed E-state index contributed by atoms with van der Waals surface area (Å²) in [6.07, 6.45) is 23.1. The number of carboxylic acid groups (broad SMARTS) is 1. The topological polar surface area (TPSA) is 125 Å². The van der Waals surface area contributed by atoms with E-state index in [4.69, 9.17) is 18.9 Å². The first-order valence-corrected chi connectivity index (χ1v) is 28.2. The lowest BCUT2D eigenvalue weighted by atomic mass is 9.70. The molecule has 3 heterocycles. The van der Waals surface area contributed by atoms with Crippen molar-refractivity contribution in [2.45, 2.75) is 202 Å². The fraction of sp³-hybridized carbons (Fsp3) is 0.930. The van der Waals surface area contributed by atoms with Gasteiger partial charge in [-0.2, -0.15) is 0 Å². The molecule has 9 nitrogen and oxygen atoms in total. The number of rotatable bonds is 11. The molecule has 9 heteroatoms. The second-order valence-corrected chi connectivity index (χ2v) is 24.1. The van der Waals surface area contributed by atoms with E-state index in [9.17, 15) is 24.3 Å². The molecule has 0 radical (unpaired) electrons. The summed E-state index contributed by atoms with van der Waals surface area (Å²) in [7, 11) is 0. The van der Waals surface area contributed by atoms with Crippen molar-refractivity contribution in [1.82, 2.24) is 0 Å². The Hall–Kier alpha value is -2.16. The predicted octanol–water partition coefficient (Wildman–Crippen LogP) is 12.2. The molecule has 3 saturated heterocycles. The van der Waals surface area contributed by atoms with Crippen molar-refractivity contribution >= 4 is 23.9 Å². The van der Waals surface area contributed by atoms with Gasteiger partial charge >= 0.3 is 23.9 Å². The van der Waals surface area contributed by atoms with Gasteiger partial charge in [-0.15, -0.1) is 0 Å². The zero-order valence-electron chi connectivity index (χ0n) is 42.8. The first-order valence-electron chi connectivity index (χ1n) is 28.2. The zero-order valence-corrected chi connectivity index (χ0v) is 42.8. The van der Waals surface area contributed by atoms with Gasteiger partial charge in [0, 0.05) is 11.8 Å². The Kier molecular flexibility index (Phi) is 16.0. The van der Waals surface area contributed by atoms with Crippen LogP contribution in [0, 0.1) is 118 Å². The summed E-state index contributed by atoms with van der Waals surface area (Å²) in [4.78, 5) is 47.1. The molecule has 4 bridgehead atoms. The summed E-state index contributed by atoms with van der Waals surface area (Å²) < 4.78 is 22.1. The number of fused-ring (bicyclic) bond motifs is 12. The molecular weight excluding hydrogens is 829 g/mol. The van der Waals surface area contributed by atoms with Crippen LogP contribution in [0.5, 0.6) is 0 Å². The smallest absolute Gasteiger partial charge is 0.312 e. The number of aliphatic carboxylic acids is 1. The molecule has 3 aliphatic heterocycles. The standard InChI is InChI=1S/C21H34O2.C15H24O2.C11H18O2.C10H16O3/c1-4-13-10-14(5-2)19-16-11-15(18(13)19)12-17(16)20(22)23-21(3)8-6-7-9-21;1-3-8-5-9(4-2)14-11-6-10(13(8)14)7-12(11)15(16)17;1-3-7-5-8(4-2)10-9(7)6-13-11(10)12;1-3-7-6-5-12-10(11)9(6)8(4-2)13-7/h13-19H,4-12H2,1-3H3;8-14H,3-7H2,1-2H3,(H,16,17);7-10H,3-6H2,1-2H3;6-9H,3-5H2,1-2H3. The fourth-order valence-electron chi connectivity index (χ4n) is 18.5. The van der Waals surface area contributed by atoms with E-state index in [-0.39, 0.29) is 59.4 Å². The summed E-state index contributed by atoms with van der Waals surface area (Å²) in [5, 5.41) is 9.34. The van der Waals surface area contributed by atoms with Crippen LogP contribution in [0.2, 0.25) is 0 Å². The number of hydrogen-bond acceptors (Lipinski definition) is 8. The number of carboxylic acids is 1. The average molecular weight is 921 g/mol. The third-order valence-corrected chi connectivity index (χ3v) is 21.5. The van der Waals surface area contributed by atoms with E-state index >= 15 is 0 Å². The van der Waals surface area contributed by atoms with Gasteiger partial charge in [0.05, 0.1) is 49.1 Å². The van der Waals surface area contributed by atoms with Crippen LogP contribution in [0.1, 0.15) is 184 Å². The number of esters is 3. The van der Waals surface area contributed by atoms with Gasteiger partial charge in [-0.25, -0.2) is 0 Å². The summed E-state index contributed by atoms with van der Waals surface area (Å²) in [5.41, 5.74) is -0.149. The second kappa shape index (κ2) is 21.1. The van der Waals surface area contributed by atoms with Crippen molar-refractivity contribution in [3.63, 3.8) is 0 Å². The lowest BCUT2D eigenvalue weighted by Crippen LogP contribution is -2.38. The Morgan fingerprint density at radius 2 is 0.985 bits per heavy atom.